The van der Waals surface area contributed by atoms with Crippen LogP contribution in [0.1, 0.15) is 12.5 Å². The van der Waals surface area contributed by atoms with Crippen LogP contribution in [0.25, 0.3) is 16.3 Å². The van der Waals surface area contributed by atoms with Crippen molar-refractivity contribution in [3.63, 3.8) is 0 Å². The van der Waals surface area contributed by atoms with Gasteiger partial charge in [0, 0.05) is 0 Å². The van der Waals surface area contributed by atoms with Gasteiger partial charge in [0.2, 0.25) is 5.88 Å². The van der Waals surface area contributed by atoms with E-state index in [1.807, 2.05) is 48.7 Å². The SMILES string of the molecule is C/C=C/c1ccc(Oc2ncnc3sccc23)c(OC)c1. The maximum absolute atomic E-state index is 5.91. The van der Waals surface area contributed by atoms with Crippen LogP contribution in [-0.4, -0.2) is 17.1 Å². The molecule has 0 atom stereocenters. The lowest BCUT2D eigenvalue weighted by atomic mass is 10.2. The summed E-state index contributed by atoms with van der Waals surface area (Å²) in [6, 6.07) is 7.75. The number of thiophene rings is 1. The summed E-state index contributed by atoms with van der Waals surface area (Å²) in [7, 11) is 1.63. The Bertz CT molecular complexity index is 796. The molecule has 4 nitrogen and oxygen atoms in total. The van der Waals surface area contributed by atoms with Crippen molar-refractivity contribution in [1.29, 1.82) is 0 Å². The minimum atomic E-state index is 0.540. The first-order chi connectivity index (χ1) is 10.3. The standard InChI is InChI=1S/C16H14N2O2S/c1-3-4-11-5-6-13(14(9-11)19-2)20-15-12-7-8-21-16(12)18-10-17-15/h3-10H,1-2H3/b4-3+. The summed E-state index contributed by atoms with van der Waals surface area (Å²) in [6.45, 7) is 1.98. The highest BCUT2D eigenvalue weighted by atomic mass is 32.1. The van der Waals surface area contributed by atoms with Crippen molar-refractivity contribution in [2.45, 2.75) is 6.92 Å². The Balaban J connectivity index is 1.99. The Kier molecular flexibility index (Phi) is 3.83. The first kappa shape index (κ1) is 13.6. The van der Waals surface area contributed by atoms with E-state index in [9.17, 15) is 0 Å². The summed E-state index contributed by atoms with van der Waals surface area (Å²) in [5.41, 5.74) is 1.06. The summed E-state index contributed by atoms with van der Waals surface area (Å²) >= 11 is 1.56. The van der Waals surface area contributed by atoms with Crippen LogP contribution in [0.15, 0.2) is 42.0 Å². The molecule has 0 bridgehead atoms. The van der Waals surface area contributed by atoms with Crippen LogP contribution in [-0.2, 0) is 0 Å². The van der Waals surface area contributed by atoms with Gasteiger partial charge < -0.3 is 9.47 Å². The molecule has 0 aliphatic heterocycles. The van der Waals surface area contributed by atoms with Crippen molar-refractivity contribution in [3.8, 4) is 17.4 Å². The quantitative estimate of drug-likeness (QED) is 0.710. The lowest BCUT2D eigenvalue weighted by Gasteiger charge is -2.10. The number of hydrogen-bond acceptors (Lipinski definition) is 5. The molecular weight excluding hydrogens is 284 g/mol. The fourth-order valence-electron chi connectivity index (χ4n) is 2.02. The Labute approximate surface area is 126 Å². The number of aromatic nitrogens is 2. The topological polar surface area (TPSA) is 44.2 Å². The molecule has 3 aromatic rings. The van der Waals surface area contributed by atoms with Gasteiger partial charge in [-0.3, -0.25) is 0 Å². The van der Waals surface area contributed by atoms with Crippen LogP contribution in [0.4, 0.5) is 0 Å². The van der Waals surface area contributed by atoms with E-state index in [0.717, 1.165) is 15.8 Å². The molecule has 0 saturated heterocycles. The van der Waals surface area contributed by atoms with Crippen molar-refractivity contribution < 1.29 is 9.47 Å². The summed E-state index contributed by atoms with van der Waals surface area (Å²) in [4.78, 5) is 9.33. The number of allylic oxidation sites excluding steroid dienone is 1. The number of fused-ring (bicyclic) bond motifs is 1. The monoisotopic (exact) mass is 298 g/mol. The number of methoxy groups -OCH3 is 1. The second-order valence-electron chi connectivity index (χ2n) is 4.33. The lowest BCUT2D eigenvalue weighted by molar-refractivity contribution is 0.375. The van der Waals surface area contributed by atoms with Crippen molar-refractivity contribution in [2.24, 2.45) is 0 Å². The van der Waals surface area contributed by atoms with E-state index in [2.05, 4.69) is 9.97 Å². The second-order valence-corrected chi connectivity index (χ2v) is 5.23. The zero-order chi connectivity index (χ0) is 14.7. The molecule has 0 aliphatic carbocycles. The summed E-state index contributed by atoms with van der Waals surface area (Å²) in [6.07, 6.45) is 5.50. The molecule has 0 spiro atoms. The van der Waals surface area contributed by atoms with Gasteiger partial charge >= 0.3 is 0 Å². The van der Waals surface area contributed by atoms with Gasteiger partial charge in [0.05, 0.1) is 12.5 Å². The fourth-order valence-corrected chi connectivity index (χ4v) is 2.74. The summed E-state index contributed by atoms with van der Waals surface area (Å²) in [5, 5.41) is 2.88. The number of hydrogen-bond donors (Lipinski definition) is 0. The predicted molar refractivity (Wildman–Crippen MR) is 85.2 cm³/mol. The largest absolute Gasteiger partial charge is 0.493 e. The first-order valence-electron chi connectivity index (χ1n) is 6.48. The zero-order valence-electron chi connectivity index (χ0n) is 11.7. The molecule has 2 aromatic heterocycles. The van der Waals surface area contributed by atoms with Gasteiger partial charge in [-0.25, -0.2) is 9.97 Å². The van der Waals surface area contributed by atoms with Crippen LogP contribution < -0.4 is 9.47 Å². The van der Waals surface area contributed by atoms with Crippen LogP contribution in [0.3, 0.4) is 0 Å². The fraction of sp³-hybridized carbons (Fsp3) is 0.125. The number of nitrogens with zero attached hydrogens (tertiary/aromatic N) is 2. The maximum Gasteiger partial charge on any atom is 0.231 e. The minimum Gasteiger partial charge on any atom is -0.493 e. The molecular formula is C16H14N2O2S. The van der Waals surface area contributed by atoms with Crippen LogP contribution in [0.5, 0.6) is 17.4 Å². The van der Waals surface area contributed by atoms with Gasteiger partial charge in [0.15, 0.2) is 11.5 Å². The smallest absolute Gasteiger partial charge is 0.231 e. The molecule has 3 rings (SSSR count). The third-order valence-electron chi connectivity index (χ3n) is 2.98. The van der Waals surface area contributed by atoms with E-state index in [1.54, 1.807) is 18.4 Å². The molecule has 0 N–H and O–H groups in total. The lowest BCUT2D eigenvalue weighted by Crippen LogP contribution is -1.93. The first-order valence-corrected chi connectivity index (χ1v) is 7.36. The van der Waals surface area contributed by atoms with E-state index in [0.29, 0.717) is 17.4 Å². The van der Waals surface area contributed by atoms with E-state index in [4.69, 9.17) is 9.47 Å². The van der Waals surface area contributed by atoms with E-state index < -0.39 is 0 Å². The second kappa shape index (κ2) is 5.93. The molecule has 0 amide bonds. The Hall–Kier alpha value is -2.40. The van der Waals surface area contributed by atoms with Gasteiger partial charge in [0.1, 0.15) is 11.2 Å². The average Bonchev–Trinajstić information content (AvgIpc) is 2.98. The number of ether oxygens (including phenoxy) is 2. The normalized spacial score (nSPS) is 11.1. The third-order valence-corrected chi connectivity index (χ3v) is 3.80. The van der Waals surface area contributed by atoms with E-state index in [-0.39, 0.29) is 0 Å². The van der Waals surface area contributed by atoms with Crippen molar-refractivity contribution in [3.05, 3.63) is 47.6 Å². The van der Waals surface area contributed by atoms with Gasteiger partial charge in [-0.2, -0.15) is 0 Å². The average molecular weight is 298 g/mol. The van der Waals surface area contributed by atoms with E-state index in [1.165, 1.54) is 6.33 Å². The Morgan fingerprint density at radius 3 is 2.86 bits per heavy atom. The molecule has 106 valence electrons. The van der Waals surface area contributed by atoms with Crippen LogP contribution in [0.2, 0.25) is 0 Å². The molecule has 0 radical (unpaired) electrons. The van der Waals surface area contributed by atoms with E-state index >= 15 is 0 Å². The Morgan fingerprint density at radius 1 is 1.14 bits per heavy atom. The molecule has 0 saturated carbocycles. The third kappa shape index (κ3) is 2.73. The molecule has 0 fully saturated rings. The summed E-state index contributed by atoms with van der Waals surface area (Å²) in [5.74, 6) is 1.85. The molecule has 5 heteroatoms. The molecule has 0 aliphatic rings. The molecule has 1 aromatic carbocycles. The highest BCUT2D eigenvalue weighted by molar-refractivity contribution is 7.16. The molecule has 2 heterocycles. The maximum atomic E-state index is 5.91. The minimum absolute atomic E-state index is 0.540. The highest BCUT2D eigenvalue weighted by Gasteiger charge is 2.11. The zero-order valence-corrected chi connectivity index (χ0v) is 12.6. The van der Waals surface area contributed by atoms with Crippen LogP contribution >= 0.6 is 11.3 Å². The van der Waals surface area contributed by atoms with Gasteiger partial charge in [-0.15, -0.1) is 11.3 Å². The number of rotatable bonds is 4. The van der Waals surface area contributed by atoms with Gasteiger partial charge in [-0.1, -0.05) is 18.2 Å². The number of benzene rings is 1. The van der Waals surface area contributed by atoms with Crippen molar-refractivity contribution in [2.75, 3.05) is 7.11 Å². The van der Waals surface area contributed by atoms with Crippen molar-refractivity contribution >= 4 is 27.6 Å². The highest BCUT2D eigenvalue weighted by Crippen LogP contribution is 2.35. The van der Waals surface area contributed by atoms with Crippen molar-refractivity contribution in [1.82, 2.24) is 9.97 Å². The Morgan fingerprint density at radius 2 is 2.05 bits per heavy atom. The molecule has 0 unspecified atom stereocenters. The predicted octanol–water partition coefficient (Wildman–Crippen LogP) is 4.53. The summed E-state index contributed by atoms with van der Waals surface area (Å²) < 4.78 is 11.3. The molecule has 21 heavy (non-hydrogen) atoms. The van der Waals surface area contributed by atoms with Gasteiger partial charge in [0.25, 0.3) is 0 Å². The van der Waals surface area contributed by atoms with Gasteiger partial charge in [-0.05, 0) is 36.1 Å². The van der Waals surface area contributed by atoms with Crippen LogP contribution in [0, 0.1) is 0 Å².